The zero-order chi connectivity index (χ0) is 17.2. The molecule has 1 saturated heterocycles. The Morgan fingerprint density at radius 2 is 1.67 bits per heavy atom. The van der Waals surface area contributed by atoms with E-state index >= 15 is 0 Å². The minimum Gasteiger partial charge on any atom is -0.379 e. The van der Waals surface area contributed by atoms with Crippen molar-refractivity contribution in [3.05, 3.63) is 41.8 Å². The molecular weight excluding hydrogens is 372 g/mol. The lowest BCUT2D eigenvalue weighted by atomic mass is 10.3. The van der Waals surface area contributed by atoms with Crippen molar-refractivity contribution in [2.24, 2.45) is 0 Å². The average Bonchev–Trinajstić information content (AvgIpc) is 3.11. The summed E-state index contributed by atoms with van der Waals surface area (Å²) in [5, 5.41) is 1.67. The quantitative estimate of drug-likeness (QED) is 0.839. The van der Waals surface area contributed by atoms with E-state index in [1.807, 2.05) is 0 Å². The number of benzene rings is 1. The van der Waals surface area contributed by atoms with E-state index in [0.717, 1.165) is 11.3 Å². The van der Waals surface area contributed by atoms with Crippen molar-refractivity contribution in [1.82, 2.24) is 4.31 Å². The Kier molecular flexibility index (Phi) is 4.92. The van der Waals surface area contributed by atoms with Gasteiger partial charge in [0.05, 0.1) is 18.1 Å². The maximum Gasteiger partial charge on any atom is 0.271 e. The maximum absolute atomic E-state index is 12.5. The van der Waals surface area contributed by atoms with Gasteiger partial charge in [-0.15, -0.1) is 11.3 Å². The van der Waals surface area contributed by atoms with E-state index in [-0.39, 0.29) is 9.10 Å². The standard InChI is InChI=1S/C14H16N2O5S3/c17-23(18,14-2-1-11-22-14)15-12-3-5-13(6-4-12)24(19,20)16-7-9-21-10-8-16/h1-6,11,15H,7-10H2. The highest BCUT2D eigenvalue weighted by atomic mass is 32.2. The second-order valence-corrected chi connectivity index (χ2v) is 9.87. The Morgan fingerprint density at radius 3 is 2.25 bits per heavy atom. The van der Waals surface area contributed by atoms with Crippen LogP contribution in [0.3, 0.4) is 0 Å². The van der Waals surface area contributed by atoms with Crippen LogP contribution in [0.15, 0.2) is 50.9 Å². The smallest absolute Gasteiger partial charge is 0.271 e. The summed E-state index contributed by atoms with van der Waals surface area (Å²) in [4.78, 5) is 0.128. The van der Waals surface area contributed by atoms with Crippen LogP contribution in [0.2, 0.25) is 0 Å². The number of sulfonamides is 2. The van der Waals surface area contributed by atoms with Crippen LogP contribution >= 0.6 is 11.3 Å². The molecule has 10 heteroatoms. The number of ether oxygens (including phenoxy) is 1. The summed E-state index contributed by atoms with van der Waals surface area (Å²) >= 11 is 1.11. The number of nitrogens with one attached hydrogen (secondary N) is 1. The fourth-order valence-corrected chi connectivity index (χ4v) is 5.71. The first kappa shape index (κ1) is 17.4. The van der Waals surface area contributed by atoms with Crippen molar-refractivity contribution < 1.29 is 21.6 Å². The molecule has 1 aliphatic rings. The lowest BCUT2D eigenvalue weighted by Gasteiger charge is -2.26. The van der Waals surface area contributed by atoms with E-state index in [1.54, 1.807) is 11.4 Å². The SMILES string of the molecule is O=S(=O)(Nc1ccc(S(=O)(=O)N2CCOCC2)cc1)c1cccs1. The molecule has 7 nitrogen and oxygen atoms in total. The maximum atomic E-state index is 12.5. The molecule has 3 rings (SSSR count). The summed E-state index contributed by atoms with van der Waals surface area (Å²) in [6.07, 6.45) is 0. The molecule has 0 radical (unpaired) electrons. The molecule has 1 aliphatic heterocycles. The van der Waals surface area contributed by atoms with E-state index in [2.05, 4.69) is 4.72 Å². The lowest BCUT2D eigenvalue weighted by molar-refractivity contribution is 0.0730. The van der Waals surface area contributed by atoms with Crippen LogP contribution in [0.1, 0.15) is 0 Å². The molecular formula is C14H16N2O5S3. The Labute approximate surface area is 145 Å². The number of morpholine rings is 1. The van der Waals surface area contributed by atoms with E-state index in [4.69, 9.17) is 4.74 Å². The van der Waals surface area contributed by atoms with Crippen LogP contribution < -0.4 is 4.72 Å². The Balaban J connectivity index is 1.78. The minimum absolute atomic E-state index is 0.128. The normalized spacial score (nSPS) is 16.8. The zero-order valence-electron chi connectivity index (χ0n) is 12.6. The molecule has 1 aromatic heterocycles. The van der Waals surface area contributed by atoms with Gasteiger partial charge in [-0.2, -0.15) is 4.31 Å². The first-order valence-corrected chi connectivity index (χ1v) is 10.9. The van der Waals surface area contributed by atoms with E-state index in [9.17, 15) is 16.8 Å². The third-order valence-electron chi connectivity index (χ3n) is 3.47. The van der Waals surface area contributed by atoms with Gasteiger partial charge in [0.15, 0.2) is 0 Å². The lowest BCUT2D eigenvalue weighted by Crippen LogP contribution is -2.40. The molecule has 1 aromatic carbocycles. The van der Waals surface area contributed by atoms with Crippen molar-refractivity contribution >= 4 is 37.1 Å². The first-order chi connectivity index (χ1) is 11.4. The minimum atomic E-state index is -3.65. The molecule has 0 spiro atoms. The van der Waals surface area contributed by atoms with Crippen LogP contribution in [-0.4, -0.2) is 47.4 Å². The second-order valence-electron chi connectivity index (χ2n) is 5.08. The summed E-state index contributed by atoms with van der Waals surface area (Å²) < 4.78 is 58.5. The van der Waals surface area contributed by atoms with Crippen molar-refractivity contribution in [3.8, 4) is 0 Å². The van der Waals surface area contributed by atoms with Gasteiger partial charge in [0, 0.05) is 18.8 Å². The van der Waals surface area contributed by atoms with E-state index in [1.165, 1.54) is 34.6 Å². The number of nitrogens with zero attached hydrogens (tertiary/aromatic N) is 1. The molecule has 0 aliphatic carbocycles. The third kappa shape index (κ3) is 3.62. The van der Waals surface area contributed by atoms with Gasteiger partial charge in [0.2, 0.25) is 10.0 Å². The van der Waals surface area contributed by atoms with Gasteiger partial charge in [-0.1, -0.05) is 6.07 Å². The Hall–Kier alpha value is -1.46. The molecule has 24 heavy (non-hydrogen) atoms. The average molecular weight is 388 g/mol. The molecule has 2 aromatic rings. The van der Waals surface area contributed by atoms with Crippen LogP contribution in [0.5, 0.6) is 0 Å². The molecule has 0 atom stereocenters. The van der Waals surface area contributed by atoms with Crippen LogP contribution in [0.25, 0.3) is 0 Å². The first-order valence-electron chi connectivity index (χ1n) is 7.14. The molecule has 2 heterocycles. The summed E-state index contributed by atoms with van der Waals surface area (Å²) in [7, 11) is -7.23. The van der Waals surface area contributed by atoms with Crippen LogP contribution in [-0.2, 0) is 24.8 Å². The van der Waals surface area contributed by atoms with Crippen molar-refractivity contribution in [2.45, 2.75) is 9.10 Å². The molecule has 1 N–H and O–H groups in total. The molecule has 0 amide bonds. The number of anilines is 1. The predicted octanol–water partition coefficient (Wildman–Crippen LogP) is 1.57. The van der Waals surface area contributed by atoms with E-state index in [0.29, 0.717) is 32.0 Å². The number of rotatable bonds is 5. The largest absolute Gasteiger partial charge is 0.379 e. The molecule has 0 saturated carbocycles. The number of hydrogen-bond donors (Lipinski definition) is 1. The predicted molar refractivity (Wildman–Crippen MR) is 91.1 cm³/mol. The van der Waals surface area contributed by atoms with Crippen molar-refractivity contribution in [1.29, 1.82) is 0 Å². The van der Waals surface area contributed by atoms with Gasteiger partial charge < -0.3 is 4.74 Å². The molecule has 1 fully saturated rings. The van der Waals surface area contributed by atoms with Gasteiger partial charge >= 0.3 is 0 Å². The third-order valence-corrected chi connectivity index (χ3v) is 8.17. The van der Waals surface area contributed by atoms with Crippen LogP contribution in [0, 0.1) is 0 Å². The fourth-order valence-electron chi connectivity index (χ4n) is 2.25. The number of thiophene rings is 1. The van der Waals surface area contributed by atoms with E-state index < -0.39 is 20.0 Å². The van der Waals surface area contributed by atoms with Gasteiger partial charge in [-0.05, 0) is 35.7 Å². The summed E-state index contributed by atoms with van der Waals surface area (Å²) in [5.74, 6) is 0. The highest BCUT2D eigenvalue weighted by Crippen LogP contribution is 2.23. The summed E-state index contributed by atoms with van der Waals surface area (Å²) in [5.41, 5.74) is 0.310. The number of hydrogen-bond acceptors (Lipinski definition) is 6. The second kappa shape index (κ2) is 6.81. The Morgan fingerprint density at radius 1 is 1.00 bits per heavy atom. The topological polar surface area (TPSA) is 92.8 Å². The van der Waals surface area contributed by atoms with Crippen molar-refractivity contribution in [2.75, 3.05) is 31.0 Å². The molecule has 0 bridgehead atoms. The molecule has 0 unspecified atom stereocenters. The summed E-state index contributed by atoms with van der Waals surface area (Å²) in [6, 6.07) is 8.84. The Bertz CT molecular complexity index is 884. The van der Waals surface area contributed by atoms with Crippen LogP contribution in [0.4, 0.5) is 5.69 Å². The fraction of sp³-hybridized carbons (Fsp3) is 0.286. The summed E-state index contributed by atoms with van der Waals surface area (Å²) in [6.45, 7) is 1.38. The van der Waals surface area contributed by atoms with Gasteiger partial charge in [-0.25, -0.2) is 16.8 Å². The van der Waals surface area contributed by atoms with Gasteiger partial charge in [0.1, 0.15) is 4.21 Å². The molecule has 130 valence electrons. The monoisotopic (exact) mass is 388 g/mol. The zero-order valence-corrected chi connectivity index (χ0v) is 15.0. The van der Waals surface area contributed by atoms with Crippen molar-refractivity contribution in [3.63, 3.8) is 0 Å². The van der Waals surface area contributed by atoms with Gasteiger partial charge in [-0.3, -0.25) is 4.72 Å². The highest BCUT2D eigenvalue weighted by molar-refractivity contribution is 7.94. The van der Waals surface area contributed by atoms with Gasteiger partial charge in [0.25, 0.3) is 10.0 Å². The highest BCUT2D eigenvalue weighted by Gasteiger charge is 2.26.